The lowest BCUT2D eigenvalue weighted by Crippen LogP contribution is -2.41. The molecule has 0 saturated heterocycles. The van der Waals surface area contributed by atoms with E-state index in [0.29, 0.717) is 24.1 Å². The quantitative estimate of drug-likeness (QED) is 0.807. The van der Waals surface area contributed by atoms with Crippen LogP contribution in [0.4, 0.5) is 4.79 Å². The topological polar surface area (TPSA) is 103 Å². The summed E-state index contributed by atoms with van der Waals surface area (Å²) in [5.41, 5.74) is 5.55. The van der Waals surface area contributed by atoms with E-state index in [4.69, 9.17) is 4.42 Å². The van der Waals surface area contributed by atoms with E-state index in [9.17, 15) is 14.4 Å². The summed E-state index contributed by atoms with van der Waals surface area (Å²) in [7, 11) is 0. The Morgan fingerprint density at radius 1 is 1.27 bits per heavy atom. The molecule has 2 amide bonds. The zero-order valence-corrected chi connectivity index (χ0v) is 12.1. The minimum absolute atomic E-state index is 0.151. The average molecular weight is 307 g/mol. The fraction of sp³-hybridized carbons (Fsp3) is 0.357. The Morgan fingerprint density at radius 3 is 2.82 bits per heavy atom. The van der Waals surface area contributed by atoms with Crippen molar-refractivity contribution in [1.82, 2.24) is 15.4 Å². The van der Waals surface area contributed by atoms with Crippen LogP contribution in [-0.2, 0) is 16.1 Å². The Bertz CT molecular complexity index is 719. The second kappa shape index (κ2) is 7.30. The van der Waals surface area contributed by atoms with E-state index in [1.54, 1.807) is 25.1 Å². The van der Waals surface area contributed by atoms with Crippen molar-refractivity contribution >= 4 is 23.1 Å². The van der Waals surface area contributed by atoms with E-state index in [-0.39, 0.29) is 18.9 Å². The van der Waals surface area contributed by atoms with Crippen LogP contribution < -0.4 is 16.6 Å². The van der Waals surface area contributed by atoms with Gasteiger partial charge in [-0.2, -0.15) is 0 Å². The minimum Gasteiger partial charge on any atom is -0.449 e. The first kappa shape index (κ1) is 15.6. The standard InChI is InChI=1S/C14H17N3O5/c1-2-21-13(19)16-15-12(18)8-5-9-17-10-6-3-4-7-11(10)22-14(17)20/h3-4,6-7H,2,5,8-9H2,1H3,(H,15,18)(H,16,19). The zero-order chi connectivity index (χ0) is 15.9. The van der Waals surface area contributed by atoms with Crippen molar-refractivity contribution in [2.24, 2.45) is 0 Å². The van der Waals surface area contributed by atoms with E-state index < -0.39 is 11.8 Å². The van der Waals surface area contributed by atoms with Gasteiger partial charge in [0.05, 0.1) is 12.1 Å². The van der Waals surface area contributed by atoms with Gasteiger partial charge in [0.1, 0.15) is 0 Å². The lowest BCUT2D eigenvalue weighted by molar-refractivity contribution is -0.122. The molecule has 0 saturated carbocycles. The SMILES string of the molecule is CCOC(=O)NNC(=O)CCCn1c(=O)oc2ccccc21. The lowest BCUT2D eigenvalue weighted by atomic mass is 10.3. The van der Waals surface area contributed by atoms with Crippen molar-refractivity contribution in [3.05, 3.63) is 34.8 Å². The molecule has 0 aliphatic rings. The van der Waals surface area contributed by atoms with Gasteiger partial charge in [0.15, 0.2) is 5.58 Å². The molecule has 0 radical (unpaired) electrons. The predicted molar refractivity (Wildman–Crippen MR) is 78.0 cm³/mol. The molecule has 1 aromatic carbocycles. The molecule has 118 valence electrons. The third-order valence-corrected chi connectivity index (χ3v) is 2.94. The number of amides is 2. The Morgan fingerprint density at radius 2 is 2.05 bits per heavy atom. The Hall–Kier alpha value is -2.77. The number of hydrazine groups is 1. The second-order valence-corrected chi connectivity index (χ2v) is 4.48. The zero-order valence-electron chi connectivity index (χ0n) is 12.1. The summed E-state index contributed by atoms with van der Waals surface area (Å²) < 4.78 is 11.2. The molecule has 0 fully saturated rings. The van der Waals surface area contributed by atoms with Crippen LogP contribution in [0.2, 0.25) is 0 Å². The molecule has 0 spiro atoms. The summed E-state index contributed by atoms with van der Waals surface area (Å²) >= 11 is 0. The highest BCUT2D eigenvalue weighted by molar-refractivity contribution is 5.79. The normalized spacial score (nSPS) is 10.4. The molecule has 0 unspecified atom stereocenters. The molecule has 0 aliphatic carbocycles. The molecule has 2 N–H and O–H groups in total. The number of ether oxygens (including phenoxy) is 1. The van der Waals surface area contributed by atoms with Gasteiger partial charge in [0.2, 0.25) is 5.91 Å². The average Bonchev–Trinajstić information content (AvgIpc) is 2.82. The summed E-state index contributed by atoms with van der Waals surface area (Å²) in [6.07, 6.45) is -0.133. The van der Waals surface area contributed by atoms with E-state index in [1.807, 2.05) is 6.07 Å². The van der Waals surface area contributed by atoms with Crippen LogP contribution in [0.5, 0.6) is 0 Å². The highest BCUT2D eigenvalue weighted by Crippen LogP contribution is 2.12. The molecule has 2 aromatic rings. The van der Waals surface area contributed by atoms with Gasteiger partial charge in [0.25, 0.3) is 0 Å². The first-order valence-electron chi connectivity index (χ1n) is 6.91. The summed E-state index contributed by atoms with van der Waals surface area (Å²) in [6.45, 7) is 2.23. The first-order chi connectivity index (χ1) is 10.6. The Kier molecular flexibility index (Phi) is 5.18. The maximum atomic E-state index is 11.7. The molecule has 0 bridgehead atoms. The molecular formula is C14H17N3O5. The number of hydrogen-bond donors (Lipinski definition) is 2. The molecule has 0 atom stereocenters. The van der Waals surface area contributed by atoms with Crippen molar-refractivity contribution in [1.29, 1.82) is 0 Å². The van der Waals surface area contributed by atoms with Gasteiger partial charge in [-0.3, -0.25) is 14.8 Å². The number of fused-ring (bicyclic) bond motifs is 1. The second-order valence-electron chi connectivity index (χ2n) is 4.48. The monoisotopic (exact) mass is 307 g/mol. The van der Waals surface area contributed by atoms with Gasteiger partial charge in [0, 0.05) is 13.0 Å². The summed E-state index contributed by atoms with van der Waals surface area (Å²) in [4.78, 5) is 34.3. The minimum atomic E-state index is -0.715. The molecule has 22 heavy (non-hydrogen) atoms. The van der Waals surface area contributed by atoms with Crippen LogP contribution in [0.15, 0.2) is 33.5 Å². The smallest absolute Gasteiger partial charge is 0.426 e. The number of aromatic nitrogens is 1. The number of hydrogen-bond acceptors (Lipinski definition) is 5. The molecule has 8 nitrogen and oxygen atoms in total. The highest BCUT2D eigenvalue weighted by atomic mass is 16.6. The van der Waals surface area contributed by atoms with Crippen LogP contribution in [0.1, 0.15) is 19.8 Å². The van der Waals surface area contributed by atoms with Gasteiger partial charge < -0.3 is 9.15 Å². The molecule has 1 aromatic heterocycles. The van der Waals surface area contributed by atoms with Gasteiger partial charge >= 0.3 is 11.8 Å². The third-order valence-electron chi connectivity index (χ3n) is 2.94. The molecule has 8 heteroatoms. The van der Waals surface area contributed by atoms with E-state index in [0.717, 1.165) is 0 Å². The number of nitrogens with zero attached hydrogens (tertiary/aromatic N) is 1. The number of benzene rings is 1. The van der Waals surface area contributed by atoms with Gasteiger partial charge in [-0.15, -0.1) is 0 Å². The number of oxazole rings is 1. The van der Waals surface area contributed by atoms with Crippen LogP contribution in [0.3, 0.4) is 0 Å². The van der Waals surface area contributed by atoms with E-state index in [2.05, 4.69) is 15.6 Å². The fourth-order valence-corrected chi connectivity index (χ4v) is 1.97. The van der Waals surface area contributed by atoms with Crippen LogP contribution >= 0.6 is 0 Å². The summed E-state index contributed by atoms with van der Waals surface area (Å²) in [5.74, 6) is -0.819. The van der Waals surface area contributed by atoms with Gasteiger partial charge in [-0.05, 0) is 25.5 Å². The molecular weight excluding hydrogens is 290 g/mol. The van der Waals surface area contributed by atoms with Gasteiger partial charge in [-0.1, -0.05) is 12.1 Å². The number of nitrogens with one attached hydrogen (secondary N) is 2. The number of carbonyl (C=O) groups is 2. The molecule has 2 rings (SSSR count). The Labute approximate surface area is 126 Å². The maximum Gasteiger partial charge on any atom is 0.426 e. The number of carbonyl (C=O) groups excluding carboxylic acids is 2. The summed E-state index contributed by atoms with van der Waals surface area (Å²) in [5, 5.41) is 0. The van der Waals surface area contributed by atoms with Crippen molar-refractivity contribution in [2.75, 3.05) is 6.61 Å². The number of aryl methyl sites for hydroxylation is 1. The number of para-hydroxylation sites is 2. The predicted octanol–water partition coefficient (Wildman–Crippen LogP) is 1.15. The largest absolute Gasteiger partial charge is 0.449 e. The van der Waals surface area contributed by atoms with E-state index in [1.165, 1.54) is 4.57 Å². The van der Waals surface area contributed by atoms with Crippen LogP contribution in [-0.4, -0.2) is 23.2 Å². The highest BCUT2D eigenvalue weighted by Gasteiger charge is 2.09. The first-order valence-corrected chi connectivity index (χ1v) is 6.91. The van der Waals surface area contributed by atoms with Crippen LogP contribution in [0, 0.1) is 0 Å². The lowest BCUT2D eigenvalue weighted by Gasteiger charge is -2.07. The van der Waals surface area contributed by atoms with Crippen LogP contribution in [0.25, 0.3) is 11.1 Å². The number of rotatable bonds is 5. The third kappa shape index (κ3) is 3.87. The van der Waals surface area contributed by atoms with Crippen molar-refractivity contribution < 1.29 is 18.7 Å². The fourth-order valence-electron chi connectivity index (χ4n) is 1.97. The molecule has 1 heterocycles. The Balaban J connectivity index is 1.83. The van der Waals surface area contributed by atoms with Crippen molar-refractivity contribution in [2.45, 2.75) is 26.3 Å². The van der Waals surface area contributed by atoms with Gasteiger partial charge in [-0.25, -0.2) is 15.0 Å². The van der Waals surface area contributed by atoms with E-state index >= 15 is 0 Å². The summed E-state index contributed by atoms with van der Waals surface area (Å²) in [6, 6.07) is 7.08. The van der Waals surface area contributed by atoms with Crippen molar-refractivity contribution in [3.63, 3.8) is 0 Å². The van der Waals surface area contributed by atoms with Crippen molar-refractivity contribution in [3.8, 4) is 0 Å². The maximum absolute atomic E-state index is 11.7. The molecule has 0 aliphatic heterocycles.